The molecule has 0 fully saturated rings. The minimum atomic E-state index is -0.0192. The molecule has 2 atom stereocenters. The van der Waals surface area contributed by atoms with Crippen LogP contribution in [0.3, 0.4) is 0 Å². The topological polar surface area (TPSA) is 39.2 Å². The van der Waals surface area contributed by atoms with Crippen molar-refractivity contribution < 1.29 is 4.42 Å². The quantitative estimate of drug-likeness (QED) is 0.897. The maximum atomic E-state index is 6.23. The Labute approximate surface area is 107 Å². The number of nitrogens with two attached hydrogens (primary N) is 1. The van der Waals surface area contributed by atoms with Crippen LogP contribution >= 0.6 is 11.8 Å². The van der Waals surface area contributed by atoms with Crippen molar-refractivity contribution in [3.8, 4) is 0 Å². The Bertz CT molecular complexity index is 506. The first-order valence-corrected chi connectivity index (χ1v) is 7.26. The molecule has 17 heavy (non-hydrogen) atoms. The van der Waals surface area contributed by atoms with Crippen molar-refractivity contribution in [2.24, 2.45) is 11.7 Å². The third-order valence-electron chi connectivity index (χ3n) is 3.13. The molecule has 0 radical (unpaired) electrons. The van der Waals surface area contributed by atoms with Crippen molar-refractivity contribution in [2.45, 2.75) is 19.9 Å². The van der Waals surface area contributed by atoms with Gasteiger partial charge in [-0.15, -0.1) is 0 Å². The fourth-order valence-electron chi connectivity index (χ4n) is 2.04. The molecule has 0 saturated heterocycles. The summed E-state index contributed by atoms with van der Waals surface area (Å²) in [5.74, 6) is 2.37. The smallest absolute Gasteiger partial charge is 0.137 e. The fraction of sp³-hybridized carbons (Fsp3) is 0.429. The van der Waals surface area contributed by atoms with Gasteiger partial charge in [-0.1, -0.05) is 25.1 Å². The monoisotopic (exact) mass is 249 g/mol. The summed E-state index contributed by atoms with van der Waals surface area (Å²) < 4.78 is 5.89. The molecule has 0 amide bonds. The summed E-state index contributed by atoms with van der Waals surface area (Å²) in [7, 11) is 0. The van der Waals surface area contributed by atoms with Gasteiger partial charge in [0.25, 0.3) is 0 Å². The molecule has 0 aliphatic carbocycles. The van der Waals surface area contributed by atoms with Gasteiger partial charge in [0.05, 0.1) is 6.04 Å². The maximum Gasteiger partial charge on any atom is 0.137 e. The molecule has 0 saturated carbocycles. The number of benzene rings is 1. The Hall–Kier alpha value is -0.930. The summed E-state index contributed by atoms with van der Waals surface area (Å²) in [4.78, 5) is 0. The first-order chi connectivity index (χ1) is 8.13. The van der Waals surface area contributed by atoms with E-state index < -0.39 is 0 Å². The predicted octanol–water partition coefficient (Wildman–Crippen LogP) is 3.74. The van der Waals surface area contributed by atoms with Crippen LogP contribution in [0.2, 0.25) is 0 Å². The lowest BCUT2D eigenvalue weighted by atomic mass is 10.0. The lowest BCUT2D eigenvalue weighted by Gasteiger charge is -2.16. The van der Waals surface area contributed by atoms with E-state index in [1.807, 2.05) is 17.8 Å². The fourth-order valence-corrected chi connectivity index (χ4v) is 2.77. The minimum Gasteiger partial charge on any atom is -0.459 e. The Kier molecular flexibility index (Phi) is 3.79. The largest absolute Gasteiger partial charge is 0.459 e. The van der Waals surface area contributed by atoms with Crippen LogP contribution in [-0.2, 0) is 0 Å². The van der Waals surface area contributed by atoms with Crippen LogP contribution in [0.15, 0.2) is 28.7 Å². The zero-order valence-electron chi connectivity index (χ0n) is 10.6. The van der Waals surface area contributed by atoms with Crippen molar-refractivity contribution in [3.63, 3.8) is 0 Å². The molecule has 0 aliphatic rings. The number of hydrogen-bond donors (Lipinski definition) is 1. The molecule has 0 bridgehead atoms. The number of fused-ring (bicyclic) bond motifs is 1. The van der Waals surface area contributed by atoms with Crippen LogP contribution in [-0.4, -0.2) is 12.0 Å². The number of rotatable bonds is 4. The molecule has 2 unspecified atom stereocenters. The third-order valence-corrected chi connectivity index (χ3v) is 3.99. The van der Waals surface area contributed by atoms with Crippen molar-refractivity contribution >= 4 is 22.7 Å². The second-order valence-corrected chi connectivity index (χ2v) is 5.51. The van der Waals surface area contributed by atoms with E-state index in [2.05, 4.69) is 38.3 Å². The third kappa shape index (κ3) is 2.50. The van der Waals surface area contributed by atoms with Crippen LogP contribution in [0, 0.1) is 12.8 Å². The van der Waals surface area contributed by atoms with Gasteiger partial charge in [0.2, 0.25) is 0 Å². The second kappa shape index (κ2) is 5.15. The van der Waals surface area contributed by atoms with Crippen molar-refractivity contribution in [2.75, 3.05) is 12.0 Å². The normalized spacial score (nSPS) is 15.1. The number of hydrogen-bond acceptors (Lipinski definition) is 3. The Morgan fingerprint density at radius 2 is 2.18 bits per heavy atom. The van der Waals surface area contributed by atoms with E-state index in [1.165, 1.54) is 5.56 Å². The molecule has 1 aromatic heterocycles. The molecular formula is C14H19NOS. The molecule has 2 nitrogen and oxygen atoms in total. The zero-order chi connectivity index (χ0) is 12.4. The Balaban J connectivity index is 2.33. The number of thioether (sulfide) groups is 1. The molecule has 1 heterocycles. The lowest BCUT2D eigenvalue weighted by Crippen LogP contribution is -2.20. The van der Waals surface area contributed by atoms with Gasteiger partial charge in [0.1, 0.15) is 11.3 Å². The minimum absolute atomic E-state index is 0.0192. The van der Waals surface area contributed by atoms with Crippen LogP contribution in [0.4, 0.5) is 0 Å². The highest BCUT2D eigenvalue weighted by Gasteiger charge is 2.18. The highest BCUT2D eigenvalue weighted by Crippen LogP contribution is 2.29. The Morgan fingerprint density at radius 3 is 2.82 bits per heavy atom. The zero-order valence-corrected chi connectivity index (χ0v) is 11.4. The summed E-state index contributed by atoms with van der Waals surface area (Å²) in [6.07, 6.45) is 2.10. The summed E-state index contributed by atoms with van der Waals surface area (Å²) in [6, 6.07) is 8.24. The van der Waals surface area contributed by atoms with E-state index in [9.17, 15) is 0 Å². The van der Waals surface area contributed by atoms with Crippen LogP contribution in [0.1, 0.15) is 24.3 Å². The molecule has 0 aliphatic heterocycles. The maximum absolute atomic E-state index is 6.23. The highest BCUT2D eigenvalue weighted by molar-refractivity contribution is 7.98. The molecular weight excluding hydrogens is 230 g/mol. The molecule has 2 N–H and O–H groups in total. The van der Waals surface area contributed by atoms with Gasteiger partial charge in [0, 0.05) is 5.39 Å². The van der Waals surface area contributed by atoms with Gasteiger partial charge in [0.15, 0.2) is 0 Å². The predicted molar refractivity (Wildman–Crippen MR) is 75.4 cm³/mol. The van der Waals surface area contributed by atoms with Crippen molar-refractivity contribution in [3.05, 3.63) is 35.6 Å². The summed E-state index contributed by atoms with van der Waals surface area (Å²) in [6.45, 7) is 4.23. The summed E-state index contributed by atoms with van der Waals surface area (Å²) in [5, 5.41) is 1.15. The lowest BCUT2D eigenvalue weighted by molar-refractivity contribution is 0.422. The summed E-state index contributed by atoms with van der Waals surface area (Å²) in [5.41, 5.74) is 8.36. The highest BCUT2D eigenvalue weighted by atomic mass is 32.2. The van der Waals surface area contributed by atoms with Gasteiger partial charge < -0.3 is 10.2 Å². The van der Waals surface area contributed by atoms with E-state index in [4.69, 9.17) is 10.2 Å². The average Bonchev–Trinajstić information content (AvgIpc) is 2.73. The molecule has 1 aromatic carbocycles. The number of furan rings is 1. The molecule has 2 rings (SSSR count). The molecule has 3 heteroatoms. The van der Waals surface area contributed by atoms with E-state index in [-0.39, 0.29) is 6.04 Å². The van der Waals surface area contributed by atoms with Gasteiger partial charge >= 0.3 is 0 Å². The van der Waals surface area contributed by atoms with Gasteiger partial charge in [-0.3, -0.25) is 0 Å². The Morgan fingerprint density at radius 1 is 1.41 bits per heavy atom. The number of aryl methyl sites for hydroxylation is 1. The van der Waals surface area contributed by atoms with Gasteiger partial charge in [-0.25, -0.2) is 0 Å². The SMILES string of the molecule is CSCC(C)C(N)c1cc2cccc(C)c2o1. The first kappa shape index (κ1) is 12.5. The summed E-state index contributed by atoms with van der Waals surface area (Å²) >= 11 is 1.82. The van der Waals surface area contributed by atoms with E-state index in [0.717, 1.165) is 22.5 Å². The van der Waals surface area contributed by atoms with E-state index >= 15 is 0 Å². The van der Waals surface area contributed by atoms with Crippen LogP contribution < -0.4 is 5.73 Å². The average molecular weight is 249 g/mol. The van der Waals surface area contributed by atoms with Crippen molar-refractivity contribution in [1.82, 2.24) is 0 Å². The standard InChI is InChI=1S/C14H19NOS/c1-9-5-4-6-11-7-12(16-14(9)11)13(15)10(2)8-17-3/h4-7,10,13H,8,15H2,1-3H3. The van der Waals surface area contributed by atoms with E-state index in [1.54, 1.807) is 0 Å². The van der Waals surface area contributed by atoms with Crippen molar-refractivity contribution in [1.29, 1.82) is 0 Å². The molecule has 92 valence electrons. The van der Waals surface area contributed by atoms with Gasteiger partial charge in [-0.05, 0) is 36.5 Å². The van der Waals surface area contributed by atoms with Crippen LogP contribution in [0.5, 0.6) is 0 Å². The van der Waals surface area contributed by atoms with Gasteiger partial charge in [-0.2, -0.15) is 11.8 Å². The number of para-hydroxylation sites is 1. The van der Waals surface area contributed by atoms with E-state index in [0.29, 0.717) is 5.92 Å². The molecule has 0 spiro atoms. The second-order valence-electron chi connectivity index (χ2n) is 4.60. The first-order valence-electron chi connectivity index (χ1n) is 5.87. The molecule has 2 aromatic rings. The van der Waals surface area contributed by atoms with Crippen LogP contribution in [0.25, 0.3) is 11.0 Å².